The number of amides is 1. The van der Waals surface area contributed by atoms with Gasteiger partial charge >= 0.3 is 5.97 Å². The van der Waals surface area contributed by atoms with Crippen molar-refractivity contribution in [2.45, 2.75) is 33.2 Å². The average Bonchev–Trinajstić information content (AvgIpc) is 3.27. The van der Waals surface area contributed by atoms with Crippen molar-refractivity contribution in [3.05, 3.63) is 59.2 Å². The summed E-state index contributed by atoms with van der Waals surface area (Å²) >= 11 is 0. The molecule has 0 saturated heterocycles. The molecule has 0 saturated carbocycles. The van der Waals surface area contributed by atoms with Crippen LogP contribution in [0.2, 0.25) is 0 Å². The van der Waals surface area contributed by atoms with Gasteiger partial charge in [0, 0.05) is 10.9 Å². The maximum atomic E-state index is 12.1. The molecule has 136 valence electrons. The van der Waals surface area contributed by atoms with Crippen LogP contribution in [0.25, 0.3) is 11.0 Å². The number of hydrogen-bond donors (Lipinski definition) is 1. The van der Waals surface area contributed by atoms with Crippen LogP contribution in [0.15, 0.2) is 45.6 Å². The van der Waals surface area contributed by atoms with Gasteiger partial charge in [0.25, 0.3) is 5.91 Å². The first-order valence-electron chi connectivity index (χ1n) is 8.40. The largest absolute Gasteiger partial charge is 0.467 e. The van der Waals surface area contributed by atoms with Crippen LogP contribution in [0.5, 0.6) is 0 Å². The van der Waals surface area contributed by atoms with Gasteiger partial charge in [-0.2, -0.15) is 0 Å². The van der Waals surface area contributed by atoms with Crippen molar-refractivity contribution in [3.63, 3.8) is 0 Å². The molecule has 0 radical (unpaired) electrons. The first kappa shape index (κ1) is 17.8. The van der Waals surface area contributed by atoms with E-state index in [1.807, 2.05) is 26.0 Å². The minimum Gasteiger partial charge on any atom is -0.467 e. The Morgan fingerprint density at radius 3 is 2.73 bits per heavy atom. The first-order chi connectivity index (χ1) is 12.5. The number of aryl methyl sites for hydroxylation is 2. The van der Waals surface area contributed by atoms with Gasteiger partial charge in [0.1, 0.15) is 11.3 Å². The summed E-state index contributed by atoms with van der Waals surface area (Å²) in [6.07, 6.45) is 3.16. The third-order valence-electron chi connectivity index (χ3n) is 4.39. The Balaban J connectivity index is 1.54. The van der Waals surface area contributed by atoms with Crippen LogP contribution in [0.1, 0.15) is 35.4 Å². The van der Waals surface area contributed by atoms with E-state index < -0.39 is 5.97 Å². The Bertz CT molecular complexity index is 923. The van der Waals surface area contributed by atoms with Gasteiger partial charge in [-0.1, -0.05) is 12.1 Å². The lowest BCUT2D eigenvalue weighted by Crippen LogP contribution is -2.31. The van der Waals surface area contributed by atoms with E-state index in [4.69, 9.17) is 13.6 Å². The van der Waals surface area contributed by atoms with E-state index in [1.54, 1.807) is 25.3 Å². The highest BCUT2D eigenvalue weighted by molar-refractivity contribution is 5.89. The predicted molar refractivity (Wildman–Crippen MR) is 95.6 cm³/mol. The molecule has 2 heterocycles. The summed E-state index contributed by atoms with van der Waals surface area (Å²) in [5.41, 5.74) is 3.70. The van der Waals surface area contributed by atoms with Crippen LogP contribution in [0.3, 0.4) is 0 Å². The lowest BCUT2D eigenvalue weighted by molar-refractivity contribution is -0.148. The summed E-state index contributed by atoms with van der Waals surface area (Å²) in [4.78, 5) is 24.0. The van der Waals surface area contributed by atoms with Gasteiger partial charge in [-0.3, -0.25) is 9.59 Å². The number of carbonyl (C=O) groups excluding carboxylic acids is 2. The van der Waals surface area contributed by atoms with Crippen LogP contribution in [-0.4, -0.2) is 18.5 Å². The molecule has 0 aliphatic heterocycles. The van der Waals surface area contributed by atoms with Crippen molar-refractivity contribution in [1.29, 1.82) is 0 Å². The second kappa shape index (κ2) is 7.47. The molecule has 0 fully saturated rings. The summed E-state index contributed by atoms with van der Waals surface area (Å²) in [6.45, 7) is 5.44. The Hall–Kier alpha value is -3.02. The molecule has 0 spiro atoms. The molecule has 0 aliphatic carbocycles. The third kappa shape index (κ3) is 3.79. The molecular weight excluding hydrogens is 334 g/mol. The maximum Gasteiger partial charge on any atom is 0.310 e. The van der Waals surface area contributed by atoms with E-state index in [1.165, 1.54) is 6.26 Å². The summed E-state index contributed by atoms with van der Waals surface area (Å²) in [5, 5.41) is 3.60. The topological polar surface area (TPSA) is 81.7 Å². The highest BCUT2D eigenvalue weighted by Crippen LogP contribution is 2.26. The van der Waals surface area contributed by atoms with Crippen molar-refractivity contribution in [2.75, 3.05) is 6.61 Å². The zero-order chi connectivity index (χ0) is 18.7. The number of ether oxygens (including phenoxy) is 1. The number of benzene rings is 1. The van der Waals surface area contributed by atoms with Gasteiger partial charge in [-0.15, -0.1) is 0 Å². The summed E-state index contributed by atoms with van der Waals surface area (Å²) in [7, 11) is 0. The highest BCUT2D eigenvalue weighted by Gasteiger charge is 2.16. The van der Waals surface area contributed by atoms with Crippen molar-refractivity contribution < 1.29 is 23.2 Å². The van der Waals surface area contributed by atoms with Crippen molar-refractivity contribution in [1.82, 2.24) is 5.32 Å². The van der Waals surface area contributed by atoms with Gasteiger partial charge in [0.2, 0.25) is 0 Å². The van der Waals surface area contributed by atoms with E-state index in [-0.39, 0.29) is 25.0 Å². The predicted octanol–water partition coefficient (Wildman–Crippen LogP) is 3.61. The molecule has 6 nitrogen and oxygen atoms in total. The second-order valence-electron chi connectivity index (χ2n) is 6.29. The fourth-order valence-corrected chi connectivity index (χ4v) is 2.77. The molecule has 26 heavy (non-hydrogen) atoms. The molecular formula is C20H21NO5. The van der Waals surface area contributed by atoms with Crippen LogP contribution < -0.4 is 5.32 Å². The molecule has 1 amide bonds. The zero-order valence-corrected chi connectivity index (χ0v) is 15.0. The minimum atomic E-state index is -0.480. The Morgan fingerprint density at radius 1 is 1.19 bits per heavy atom. The quantitative estimate of drug-likeness (QED) is 0.683. The summed E-state index contributed by atoms with van der Waals surface area (Å²) in [6, 6.07) is 7.15. The van der Waals surface area contributed by atoms with Crippen molar-refractivity contribution >= 4 is 22.8 Å². The molecule has 1 atom stereocenters. The van der Waals surface area contributed by atoms with Gasteiger partial charge < -0.3 is 18.9 Å². The van der Waals surface area contributed by atoms with E-state index >= 15 is 0 Å². The van der Waals surface area contributed by atoms with Crippen LogP contribution in [0.4, 0.5) is 0 Å². The maximum absolute atomic E-state index is 12.1. The third-order valence-corrected chi connectivity index (χ3v) is 4.39. The minimum absolute atomic E-state index is 0.0521. The normalized spacial score (nSPS) is 12.1. The molecule has 0 unspecified atom stereocenters. The van der Waals surface area contributed by atoms with Gasteiger partial charge in [0.05, 0.1) is 25.0 Å². The number of fused-ring (bicyclic) bond motifs is 1. The van der Waals surface area contributed by atoms with E-state index in [0.29, 0.717) is 5.76 Å². The van der Waals surface area contributed by atoms with E-state index in [2.05, 4.69) is 5.32 Å². The molecule has 0 aliphatic rings. The average molecular weight is 355 g/mol. The molecule has 2 aromatic heterocycles. The van der Waals surface area contributed by atoms with Gasteiger partial charge in [-0.25, -0.2) is 0 Å². The van der Waals surface area contributed by atoms with Gasteiger partial charge in [-0.05, 0) is 44.0 Å². The standard InChI is InChI=1S/C20H21NO5/c1-12-6-7-16-15(10-26-20(16)13(12)2)9-19(23)25-11-18(22)21-14(3)17-5-4-8-24-17/h4-8,10,14H,9,11H2,1-3H3,(H,21,22)/t14-/m0/s1. The number of esters is 1. The number of rotatable bonds is 6. The SMILES string of the molecule is Cc1ccc2c(CC(=O)OCC(=O)N[C@@H](C)c3ccco3)coc2c1C. The summed E-state index contributed by atoms with van der Waals surface area (Å²) < 4.78 is 15.9. The van der Waals surface area contributed by atoms with Crippen molar-refractivity contribution in [2.24, 2.45) is 0 Å². The molecule has 3 aromatic rings. The number of furan rings is 2. The monoisotopic (exact) mass is 355 g/mol. The number of hydrogen-bond acceptors (Lipinski definition) is 5. The smallest absolute Gasteiger partial charge is 0.310 e. The highest BCUT2D eigenvalue weighted by atomic mass is 16.5. The molecule has 0 bridgehead atoms. The summed E-state index contributed by atoms with van der Waals surface area (Å²) in [5.74, 6) is -0.224. The fraction of sp³-hybridized carbons (Fsp3) is 0.300. The van der Waals surface area contributed by atoms with Gasteiger partial charge in [0.15, 0.2) is 6.61 Å². The Morgan fingerprint density at radius 2 is 2.00 bits per heavy atom. The zero-order valence-electron chi connectivity index (χ0n) is 15.0. The van der Waals surface area contributed by atoms with E-state index in [9.17, 15) is 9.59 Å². The molecule has 6 heteroatoms. The van der Waals surface area contributed by atoms with Crippen LogP contribution in [-0.2, 0) is 20.7 Å². The fourth-order valence-electron chi connectivity index (χ4n) is 2.77. The second-order valence-corrected chi connectivity index (χ2v) is 6.29. The number of carbonyl (C=O) groups is 2. The van der Waals surface area contributed by atoms with Crippen LogP contribution >= 0.6 is 0 Å². The molecule has 3 rings (SSSR count). The van der Waals surface area contributed by atoms with Crippen molar-refractivity contribution in [3.8, 4) is 0 Å². The van der Waals surface area contributed by atoms with E-state index in [0.717, 1.165) is 27.7 Å². The Labute approximate surface area is 151 Å². The number of nitrogens with one attached hydrogen (secondary N) is 1. The Kier molecular flexibility index (Phi) is 5.11. The first-order valence-corrected chi connectivity index (χ1v) is 8.40. The molecule has 1 N–H and O–H groups in total. The van der Waals surface area contributed by atoms with Crippen LogP contribution in [0, 0.1) is 13.8 Å². The lowest BCUT2D eigenvalue weighted by Gasteiger charge is -2.11. The lowest BCUT2D eigenvalue weighted by atomic mass is 10.0. The molecule has 1 aromatic carbocycles.